The van der Waals surface area contributed by atoms with Crippen LogP contribution in [0, 0.1) is 17.3 Å². The van der Waals surface area contributed by atoms with Gasteiger partial charge in [0, 0.05) is 112 Å². The number of ether oxygens (including phenoxy) is 2. The van der Waals surface area contributed by atoms with Crippen molar-refractivity contribution in [2.24, 2.45) is 17.3 Å². The van der Waals surface area contributed by atoms with Crippen molar-refractivity contribution in [1.82, 2.24) is 24.3 Å². The number of allylic oxidation sites excluding steroid dienone is 1. The van der Waals surface area contributed by atoms with E-state index in [0.29, 0.717) is 74.5 Å². The number of carbonyl (C=O) groups excluding carboxylic acids is 2. The third-order valence-electron chi connectivity index (χ3n) is 17.4. The fraction of sp³-hybridized carbons (Fsp3) is 0.556. The maximum absolute atomic E-state index is 14.4. The number of sulfonamides is 1. The molecule has 2 N–H and O–H groups in total. The Morgan fingerprint density at radius 3 is 2.12 bits per heavy atom. The predicted octanol–water partition coefficient (Wildman–Crippen LogP) is 11.6. The molecule has 4 saturated heterocycles. The van der Waals surface area contributed by atoms with Gasteiger partial charge >= 0.3 is 11.6 Å². The Morgan fingerprint density at radius 2 is 1.46 bits per heavy atom. The minimum Gasteiger partial charge on any atom is -0.444 e. The first-order valence-electron chi connectivity index (χ1n) is 29.9. The molecule has 4 fully saturated rings. The molecule has 464 valence electrons. The van der Waals surface area contributed by atoms with Gasteiger partial charge in [0.15, 0.2) is 0 Å². The number of carbonyl (C=O) groups is 2. The van der Waals surface area contributed by atoms with Crippen LogP contribution in [0.3, 0.4) is 0 Å². The van der Waals surface area contributed by atoms with Gasteiger partial charge in [0.1, 0.15) is 10.5 Å². The molecule has 1 aliphatic carbocycles. The Labute approximate surface area is 510 Å². The summed E-state index contributed by atoms with van der Waals surface area (Å²) < 4.78 is 110. The van der Waals surface area contributed by atoms with Crippen LogP contribution in [0.1, 0.15) is 101 Å². The molecule has 85 heavy (non-hydrogen) atoms. The van der Waals surface area contributed by atoms with Crippen LogP contribution in [-0.2, 0) is 29.3 Å². The first-order valence-corrected chi connectivity index (χ1v) is 34.2. The van der Waals surface area contributed by atoms with Crippen molar-refractivity contribution in [3.8, 4) is 0 Å². The number of anilines is 2. The SMILES string of the molecule is CC(C)(C)OC(=O)N1CCC(C2CCN(C[C@]3(C)CCC(c4ccc(Cl)cc4)=C(CN4CCN(c5ccc(C(=O)NS(=O)(=O)c6ccc(NC(CCN7CCCOCC7)CSc7ccccc7)c(S(=O)(=O)C(F)(F)F)c6)cc5)CC4)C3)CC2)CC1. The van der Waals surface area contributed by atoms with Gasteiger partial charge in [-0.15, -0.1) is 11.8 Å². The average molecular weight is 1260 g/mol. The predicted molar refractivity (Wildman–Crippen MR) is 331 cm³/mol. The summed E-state index contributed by atoms with van der Waals surface area (Å²) in [7, 11) is -11.0. The van der Waals surface area contributed by atoms with Crippen LogP contribution in [0.25, 0.3) is 5.57 Å². The molecular formula is C63H83ClF3N7O8S3. The van der Waals surface area contributed by atoms with E-state index in [4.69, 9.17) is 21.1 Å². The van der Waals surface area contributed by atoms with Gasteiger partial charge in [-0.05, 0) is 187 Å². The fourth-order valence-electron chi connectivity index (χ4n) is 12.7. The van der Waals surface area contributed by atoms with Crippen molar-refractivity contribution in [2.45, 2.75) is 117 Å². The summed E-state index contributed by atoms with van der Waals surface area (Å²) in [5, 5.41) is 3.73. The maximum Gasteiger partial charge on any atom is 0.501 e. The molecule has 2 atom stereocenters. The van der Waals surface area contributed by atoms with Crippen LogP contribution in [0.15, 0.2) is 117 Å². The lowest BCUT2D eigenvalue weighted by Crippen LogP contribution is -2.48. The number of piperidine rings is 2. The van der Waals surface area contributed by atoms with Crippen LogP contribution in [0.5, 0.6) is 0 Å². The van der Waals surface area contributed by atoms with Crippen molar-refractivity contribution in [1.29, 1.82) is 0 Å². The van der Waals surface area contributed by atoms with E-state index in [9.17, 15) is 39.6 Å². The molecule has 0 spiro atoms. The minimum atomic E-state index is -6.08. The van der Waals surface area contributed by atoms with Crippen molar-refractivity contribution in [3.05, 3.63) is 119 Å². The topological polar surface area (TPSA) is 161 Å². The highest BCUT2D eigenvalue weighted by molar-refractivity contribution is 7.99. The summed E-state index contributed by atoms with van der Waals surface area (Å²) >= 11 is 7.83. The summed E-state index contributed by atoms with van der Waals surface area (Å²) in [5.41, 5.74) is -1.65. The molecule has 4 aromatic rings. The number of amides is 2. The maximum atomic E-state index is 14.4. The number of alkyl halides is 3. The number of nitrogens with one attached hydrogen (secondary N) is 2. The molecule has 15 nitrogen and oxygen atoms in total. The molecule has 0 saturated carbocycles. The first-order chi connectivity index (χ1) is 40.4. The first kappa shape index (κ1) is 64.6. The van der Waals surface area contributed by atoms with Crippen LogP contribution < -0.4 is 14.9 Å². The van der Waals surface area contributed by atoms with Gasteiger partial charge in [0.25, 0.3) is 25.8 Å². The molecule has 4 aliphatic heterocycles. The molecular weight excluding hydrogens is 1170 g/mol. The third kappa shape index (κ3) is 17.5. The van der Waals surface area contributed by atoms with E-state index in [0.717, 1.165) is 120 Å². The van der Waals surface area contributed by atoms with E-state index >= 15 is 0 Å². The highest BCUT2D eigenvalue weighted by atomic mass is 35.5. The van der Waals surface area contributed by atoms with Crippen molar-refractivity contribution in [2.75, 3.05) is 114 Å². The lowest BCUT2D eigenvalue weighted by Gasteiger charge is -2.45. The lowest BCUT2D eigenvalue weighted by atomic mass is 9.70. The molecule has 0 bridgehead atoms. The molecule has 9 rings (SSSR count). The number of hydrogen-bond donors (Lipinski definition) is 2. The zero-order valence-electron chi connectivity index (χ0n) is 49.4. The quantitative estimate of drug-likeness (QED) is 0.0853. The number of piperazine rings is 1. The zero-order valence-corrected chi connectivity index (χ0v) is 52.6. The standard InChI is InChI=1S/C63H83ClF3N7O8S3/c1-61(2,3)82-60(76)74-32-24-47(25-33-74)46-22-29-72(30-23-46)45-62(4)27-21-56(48-11-15-51(64)16-12-48)50(42-62)43-71-34-36-73(37-35-71)53-17-13-49(14-18-53)59(75)69-85(79,80)55-19-20-57(58(41-55)84(77,78)63(65,66)67)68-52(44-83-54-9-6-5-7-10-54)26-31-70-28-8-39-81-40-38-70/h5-7,9-20,41,46-47,52,68H,8,21-40,42-45H2,1-4H3,(H,69,75)/t52?,62-/m1/s1. The van der Waals surface area contributed by atoms with E-state index in [1.165, 1.54) is 53.4 Å². The average Bonchev–Trinajstić information content (AvgIpc) is 2.28. The molecule has 22 heteroatoms. The van der Waals surface area contributed by atoms with E-state index in [1.54, 1.807) is 12.1 Å². The monoisotopic (exact) mass is 1250 g/mol. The molecule has 0 aromatic heterocycles. The number of likely N-dealkylation sites (tertiary alicyclic amines) is 2. The second kappa shape index (κ2) is 28.1. The van der Waals surface area contributed by atoms with E-state index in [1.807, 2.05) is 72.9 Å². The molecule has 1 unspecified atom stereocenters. The van der Waals surface area contributed by atoms with Crippen molar-refractivity contribution >= 4 is 72.2 Å². The molecule has 0 radical (unpaired) electrons. The number of rotatable bonds is 19. The van der Waals surface area contributed by atoms with Gasteiger partial charge in [-0.25, -0.2) is 26.4 Å². The summed E-state index contributed by atoms with van der Waals surface area (Å²) in [4.78, 5) is 36.6. The van der Waals surface area contributed by atoms with Crippen molar-refractivity contribution in [3.63, 3.8) is 0 Å². The number of sulfone groups is 1. The van der Waals surface area contributed by atoms with Gasteiger partial charge < -0.3 is 34.4 Å². The second-order valence-corrected chi connectivity index (χ2v) is 30.0. The number of benzene rings is 4. The largest absolute Gasteiger partial charge is 0.501 e. The van der Waals surface area contributed by atoms with Crippen LogP contribution >= 0.6 is 23.4 Å². The Morgan fingerprint density at radius 1 is 0.788 bits per heavy atom. The van der Waals surface area contributed by atoms with Crippen LogP contribution in [-0.4, -0.2) is 170 Å². The van der Waals surface area contributed by atoms with Gasteiger partial charge in [-0.1, -0.05) is 54.4 Å². The smallest absolute Gasteiger partial charge is 0.444 e. The Bertz CT molecular complexity index is 3160. The highest BCUT2D eigenvalue weighted by Crippen LogP contribution is 2.45. The molecule has 4 aromatic carbocycles. The summed E-state index contributed by atoms with van der Waals surface area (Å²) in [6.45, 7) is 20.0. The molecule has 5 aliphatic rings. The summed E-state index contributed by atoms with van der Waals surface area (Å²) in [5.74, 6) is 0.648. The van der Waals surface area contributed by atoms with E-state index < -0.39 is 58.4 Å². The number of nitrogens with zero attached hydrogens (tertiary/aromatic N) is 5. The molecule has 4 heterocycles. The van der Waals surface area contributed by atoms with E-state index in [2.05, 4.69) is 44.0 Å². The number of hydrogen-bond acceptors (Lipinski definition) is 14. The number of halogens is 4. The lowest BCUT2D eigenvalue weighted by molar-refractivity contribution is -0.0436. The van der Waals surface area contributed by atoms with Gasteiger partial charge in [-0.3, -0.25) is 9.69 Å². The Hall–Kier alpha value is -4.87. The van der Waals surface area contributed by atoms with Gasteiger partial charge in [0.05, 0.1) is 17.2 Å². The molecule has 2 amide bonds. The summed E-state index contributed by atoms with van der Waals surface area (Å²) in [6.07, 6.45) is 8.55. The minimum absolute atomic E-state index is 0.00841. The second-order valence-electron chi connectivity index (χ2n) is 24.9. The Kier molecular flexibility index (Phi) is 21.3. The normalized spacial score (nSPS) is 21.1. The van der Waals surface area contributed by atoms with Crippen LogP contribution in [0.4, 0.5) is 29.3 Å². The number of thioether (sulfide) groups is 1. The summed E-state index contributed by atoms with van der Waals surface area (Å²) in [6, 6.07) is 26.0. The fourth-order valence-corrected chi connectivity index (χ4v) is 15.9. The highest BCUT2D eigenvalue weighted by Gasteiger charge is 2.49. The van der Waals surface area contributed by atoms with Gasteiger partial charge in [0.2, 0.25) is 0 Å². The van der Waals surface area contributed by atoms with E-state index in [-0.39, 0.29) is 17.1 Å². The van der Waals surface area contributed by atoms with Crippen LogP contribution in [0.2, 0.25) is 5.02 Å². The van der Waals surface area contributed by atoms with Gasteiger partial charge in [-0.2, -0.15) is 13.2 Å². The third-order valence-corrected chi connectivity index (χ3v) is 21.6. The Balaban J connectivity index is 0.806. The van der Waals surface area contributed by atoms with Crippen molar-refractivity contribution < 1.29 is 49.1 Å². The zero-order chi connectivity index (χ0) is 60.6.